The normalized spacial score (nSPS) is 14.0. The molecule has 2 aliphatic heterocycles. The summed E-state index contributed by atoms with van der Waals surface area (Å²) in [4.78, 5) is 54.7. The van der Waals surface area contributed by atoms with Crippen molar-refractivity contribution in [3.05, 3.63) is 129 Å². The smallest absolute Gasteiger partial charge is 0.261 e. The van der Waals surface area contributed by atoms with Crippen LogP contribution >= 0.6 is 90.7 Å². The summed E-state index contributed by atoms with van der Waals surface area (Å²) in [6.45, 7) is 10.5. The fourth-order valence-corrected chi connectivity index (χ4v) is 23.0. The second-order valence-electron chi connectivity index (χ2n) is 28.4. The number of rotatable bonds is 52. The minimum atomic E-state index is 0.0411. The van der Waals surface area contributed by atoms with Gasteiger partial charge in [-0.25, -0.2) is 0 Å². The number of fused-ring (bicyclic) bond motifs is 1. The van der Waals surface area contributed by atoms with E-state index in [1.807, 2.05) is 45.3 Å². The fourth-order valence-electron chi connectivity index (χ4n) is 14.8. The Balaban J connectivity index is 0.994. The predicted octanol–water partition coefficient (Wildman–Crippen LogP) is 30.9. The van der Waals surface area contributed by atoms with Crippen LogP contribution in [0.2, 0.25) is 0 Å². The molecule has 0 saturated heterocycles. The quantitative estimate of drug-likeness (QED) is 0.0357. The van der Waals surface area contributed by atoms with E-state index >= 15 is 9.59 Å². The summed E-state index contributed by atoms with van der Waals surface area (Å²) >= 11 is 14.6. The molecule has 10 heterocycles. The molecule has 2 amide bonds. The average Bonchev–Trinajstić information content (AvgIpc) is 1.55. The van der Waals surface area contributed by atoms with Gasteiger partial charge in [0.25, 0.3) is 11.8 Å². The molecule has 10 rings (SSSR count). The predicted molar refractivity (Wildman–Crippen MR) is 440 cm³/mol. The molecular weight excluding hydrogens is 1350 g/mol. The highest BCUT2D eigenvalue weighted by Crippen LogP contribution is 2.53. The van der Waals surface area contributed by atoms with Crippen LogP contribution in [0.15, 0.2) is 119 Å². The minimum Gasteiger partial charge on any atom is -0.306 e. The summed E-state index contributed by atoms with van der Waals surface area (Å²) in [6, 6.07) is 36.1. The van der Waals surface area contributed by atoms with Crippen molar-refractivity contribution in [2.75, 3.05) is 13.1 Å². The van der Waals surface area contributed by atoms with Gasteiger partial charge in [0.2, 0.25) is 0 Å². The van der Waals surface area contributed by atoms with Crippen molar-refractivity contribution in [1.29, 1.82) is 0 Å². The highest BCUT2D eigenvalue weighted by molar-refractivity contribution is 7.29. The molecule has 0 bridgehead atoms. The fraction of sp³-hybridized carbons (Fsp3) is 0.558. The number of nitrogens with zero attached hydrogens (tertiary/aromatic N) is 2. The monoisotopic (exact) mass is 1460 g/mol. The van der Waals surface area contributed by atoms with Gasteiger partial charge in [-0.2, -0.15) is 0 Å². The number of hydrogen-bond acceptors (Lipinski definition) is 10. The lowest BCUT2D eigenvalue weighted by molar-refractivity contribution is -0.124. The zero-order chi connectivity index (χ0) is 67.9. The Morgan fingerprint density at radius 3 is 0.684 bits per heavy atom. The van der Waals surface area contributed by atoms with Crippen LogP contribution in [0.1, 0.15) is 294 Å². The summed E-state index contributed by atoms with van der Waals surface area (Å²) in [5, 5.41) is 4.33. The van der Waals surface area contributed by atoms with Crippen LogP contribution in [0.3, 0.4) is 0 Å². The maximum absolute atomic E-state index is 16.5. The van der Waals surface area contributed by atoms with E-state index in [1.54, 1.807) is 45.3 Å². The molecule has 2 atom stereocenters. The van der Waals surface area contributed by atoms with E-state index in [1.165, 1.54) is 290 Å². The molecule has 12 heteroatoms. The summed E-state index contributed by atoms with van der Waals surface area (Å²) in [6.07, 6.45) is 51.5. The van der Waals surface area contributed by atoms with Gasteiger partial charge in [-0.3, -0.25) is 9.59 Å². The van der Waals surface area contributed by atoms with E-state index in [-0.39, 0.29) is 11.8 Å². The molecule has 8 aromatic heterocycles. The highest BCUT2D eigenvalue weighted by atomic mass is 32.1. The summed E-state index contributed by atoms with van der Waals surface area (Å²) < 4.78 is 0. The van der Waals surface area contributed by atoms with E-state index in [9.17, 15) is 0 Å². The minimum absolute atomic E-state index is 0.0411. The first-order valence-electron chi connectivity index (χ1n) is 39.2. The maximum atomic E-state index is 16.5. The van der Waals surface area contributed by atoms with Crippen molar-refractivity contribution in [3.8, 4) is 58.5 Å². The van der Waals surface area contributed by atoms with E-state index in [0.29, 0.717) is 36.1 Å². The van der Waals surface area contributed by atoms with Crippen molar-refractivity contribution >= 4 is 114 Å². The Morgan fingerprint density at radius 2 is 0.459 bits per heavy atom. The van der Waals surface area contributed by atoms with Gasteiger partial charge in [0.15, 0.2) is 0 Å². The van der Waals surface area contributed by atoms with Crippen LogP contribution in [0, 0.1) is 11.8 Å². The van der Waals surface area contributed by atoms with Crippen molar-refractivity contribution in [2.45, 2.75) is 285 Å². The molecule has 2 aliphatic rings. The molecule has 0 aromatic carbocycles. The van der Waals surface area contributed by atoms with E-state index < -0.39 is 0 Å². The zero-order valence-corrected chi connectivity index (χ0v) is 66.8. The van der Waals surface area contributed by atoms with Crippen LogP contribution in [-0.2, 0) is 9.59 Å². The molecule has 0 fully saturated rings. The van der Waals surface area contributed by atoms with Gasteiger partial charge in [0.1, 0.15) is 0 Å². The summed E-state index contributed by atoms with van der Waals surface area (Å²) in [5.74, 6) is 0.786. The molecule has 0 spiro atoms. The lowest BCUT2D eigenvalue weighted by Crippen LogP contribution is -2.34. The van der Waals surface area contributed by atoms with Crippen LogP contribution in [0.5, 0.6) is 0 Å². The van der Waals surface area contributed by atoms with E-state index in [4.69, 9.17) is 0 Å². The van der Waals surface area contributed by atoms with Crippen LogP contribution in [0.4, 0.5) is 0 Å². The third-order valence-electron chi connectivity index (χ3n) is 20.5. The number of carbonyl (C=O) groups is 2. The van der Waals surface area contributed by atoms with Crippen LogP contribution < -0.4 is 0 Å². The van der Waals surface area contributed by atoms with E-state index in [2.05, 4.69) is 145 Å². The average molecular weight is 1470 g/mol. The summed E-state index contributed by atoms with van der Waals surface area (Å²) in [7, 11) is 0. The second kappa shape index (κ2) is 42.6. The van der Waals surface area contributed by atoms with Crippen LogP contribution in [0.25, 0.3) is 69.9 Å². The van der Waals surface area contributed by atoms with Crippen molar-refractivity contribution < 1.29 is 9.59 Å². The molecule has 530 valence electrons. The van der Waals surface area contributed by atoms with E-state index in [0.717, 1.165) is 46.8 Å². The maximum Gasteiger partial charge on any atom is 0.261 e. The number of amides is 2. The van der Waals surface area contributed by atoms with Gasteiger partial charge in [-0.05, 0) is 133 Å². The molecule has 0 radical (unpaired) electrons. The first kappa shape index (κ1) is 76.7. The Bertz CT molecular complexity index is 3370. The van der Waals surface area contributed by atoms with Gasteiger partial charge in [-0.15, -0.1) is 90.7 Å². The van der Waals surface area contributed by atoms with Crippen molar-refractivity contribution in [1.82, 2.24) is 9.80 Å². The SMILES string of the molecule is CCCCCCCCCCCCC(CCCCCCCCCC)CN1C(=O)C2=C(c3ccc(-c4ccc(-c5ccc(-c6cccs6)s5)s4)s3)N(CC(CCCCCCCCCC)CCCCCCCCCCCC)C(=O)C2=C1c1ccc(-c2ccc(-c3ccc(-c4cccs4)s3)s2)s1. The molecule has 2 unspecified atom stereocenters. The molecular formula is C86H116N2O2S8. The first-order chi connectivity index (χ1) is 48.3. The molecule has 4 nitrogen and oxygen atoms in total. The van der Waals surface area contributed by atoms with Crippen LogP contribution in [-0.4, -0.2) is 34.7 Å². The third-order valence-corrected chi connectivity index (χ3v) is 30.0. The number of unbranched alkanes of at least 4 members (excludes halogenated alkanes) is 32. The third kappa shape index (κ3) is 22.5. The number of hydrogen-bond donors (Lipinski definition) is 0. The molecule has 0 N–H and O–H groups in total. The largest absolute Gasteiger partial charge is 0.306 e. The van der Waals surface area contributed by atoms with Crippen molar-refractivity contribution in [3.63, 3.8) is 0 Å². The highest BCUT2D eigenvalue weighted by Gasteiger charge is 2.50. The molecule has 0 aliphatic carbocycles. The topological polar surface area (TPSA) is 40.6 Å². The lowest BCUT2D eigenvalue weighted by Gasteiger charge is -2.29. The molecule has 98 heavy (non-hydrogen) atoms. The Hall–Kier alpha value is -3.98. The van der Waals surface area contributed by atoms with Gasteiger partial charge in [0, 0.05) is 71.6 Å². The van der Waals surface area contributed by atoms with Gasteiger partial charge in [0.05, 0.1) is 32.3 Å². The van der Waals surface area contributed by atoms with Gasteiger partial charge in [-0.1, -0.05) is 271 Å². The van der Waals surface area contributed by atoms with Gasteiger partial charge >= 0.3 is 0 Å². The Kier molecular flexibility index (Phi) is 33.3. The standard InChI is InChI=1S/C86H116N2O2S8/c1-5-9-13-17-21-25-27-31-35-39-45-65(43-37-33-29-23-19-15-11-7-3)63-87-83(79-59-57-77(97-79)75-55-53-73(95-75)71-51-49-69(93-71)67-47-41-61-91-67)81-82(85(87)89)84(80-60-58-78(98-80)76-56-54-74(96-76)72-52-50-70(94-72)68-48-42-62-92-68)88(86(81)90)64-66(44-38-34-30-24-20-16-12-8-4)46-40-36-32-28-26-22-18-14-10-6-2/h41-42,47-62,65-66H,5-40,43-46,63-64H2,1-4H3. The zero-order valence-electron chi connectivity index (χ0n) is 60.2. The van der Waals surface area contributed by atoms with Crippen molar-refractivity contribution in [2.24, 2.45) is 11.8 Å². The summed E-state index contributed by atoms with van der Waals surface area (Å²) in [5.41, 5.74) is 3.06. The molecule has 0 saturated carbocycles. The lowest BCUT2D eigenvalue weighted by atomic mass is 9.93. The molecule has 8 aromatic rings. The Morgan fingerprint density at radius 1 is 0.255 bits per heavy atom. The van der Waals surface area contributed by atoms with Gasteiger partial charge < -0.3 is 9.80 Å². The second-order valence-corrected chi connectivity index (χ2v) is 36.8. The number of carbonyl (C=O) groups excluding carboxylic acids is 2. The number of thiophene rings is 8. The first-order valence-corrected chi connectivity index (χ1v) is 45.8. The Labute approximate surface area is 624 Å².